The van der Waals surface area contributed by atoms with Gasteiger partial charge in [-0.3, -0.25) is 4.79 Å². The van der Waals surface area contributed by atoms with Crippen molar-refractivity contribution in [1.82, 2.24) is 0 Å². The highest BCUT2D eigenvalue weighted by atomic mass is 16.4. The fourth-order valence-electron chi connectivity index (χ4n) is 7.88. The lowest BCUT2D eigenvalue weighted by Gasteiger charge is -2.61. The van der Waals surface area contributed by atoms with E-state index in [1.165, 1.54) is 0 Å². The summed E-state index contributed by atoms with van der Waals surface area (Å²) in [4.78, 5) is 10.8. The first-order valence-electron chi connectivity index (χ1n) is 11.1. The smallest absolute Gasteiger partial charge is 0.303 e. The second-order valence-electron chi connectivity index (χ2n) is 10.3. The molecule has 0 aromatic heterocycles. The molecule has 10 atom stereocenters. The molecule has 0 saturated heterocycles. The summed E-state index contributed by atoms with van der Waals surface area (Å²) in [7, 11) is 0. The maximum Gasteiger partial charge on any atom is 0.303 e. The summed E-state index contributed by atoms with van der Waals surface area (Å²) < 4.78 is 0. The minimum absolute atomic E-state index is 0.121. The number of carboxylic acids is 1. The van der Waals surface area contributed by atoms with Crippen LogP contribution < -0.4 is 0 Å². The van der Waals surface area contributed by atoms with Crippen LogP contribution in [0.25, 0.3) is 0 Å². The molecule has 0 spiro atoms. The number of carbonyl (C=O) groups is 1. The summed E-state index contributed by atoms with van der Waals surface area (Å²) >= 11 is 0. The van der Waals surface area contributed by atoms with Crippen LogP contribution in [0.3, 0.4) is 0 Å². The van der Waals surface area contributed by atoms with Crippen LogP contribution in [0.4, 0.5) is 0 Å². The molecule has 154 valence electrons. The molecule has 27 heavy (non-hydrogen) atoms. The Kier molecular flexibility index (Phi) is 5.32. The molecule has 0 aromatic carbocycles. The average Bonchev–Trinajstić information content (AvgIpc) is 3.01. The van der Waals surface area contributed by atoms with Crippen LogP contribution in [0, 0.1) is 40.9 Å². The van der Waals surface area contributed by atoms with E-state index in [0.717, 1.165) is 51.4 Å². The van der Waals surface area contributed by atoms with Gasteiger partial charge in [0.2, 0.25) is 0 Å². The standard InChI is InChI=1S/C22H36O5/c1-22-8-7-14(23)9-13(22)10-17(24)21-15-6-5-12(3-2-4-19(26)27)20(15)18(25)11-16(21)22/h12-18,20-21,23-25H,2-11H2,1H3,(H,26,27). The van der Waals surface area contributed by atoms with E-state index in [0.29, 0.717) is 30.1 Å². The van der Waals surface area contributed by atoms with Crippen molar-refractivity contribution < 1.29 is 25.2 Å². The van der Waals surface area contributed by atoms with E-state index in [1.54, 1.807) is 0 Å². The van der Waals surface area contributed by atoms with Gasteiger partial charge in [-0.25, -0.2) is 0 Å². The van der Waals surface area contributed by atoms with Gasteiger partial charge in [0.1, 0.15) is 0 Å². The molecule has 0 aromatic rings. The molecule has 0 heterocycles. The van der Waals surface area contributed by atoms with Gasteiger partial charge in [-0.2, -0.15) is 0 Å². The summed E-state index contributed by atoms with van der Waals surface area (Å²) in [6, 6.07) is 0. The first-order chi connectivity index (χ1) is 12.8. The average molecular weight is 381 g/mol. The second-order valence-corrected chi connectivity index (χ2v) is 10.3. The molecule has 0 aliphatic heterocycles. The van der Waals surface area contributed by atoms with Gasteiger partial charge in [0.15, 0.2) is 0 Å². The Morgan fingerprint density at radius 3 is 2.48 bits per heavy atom. The first-order valence-corrected chi connectivity index (χ1v) is 11.1. The fraction of sp³-hybridized carbons (Fsp3) is 0.955. The Morgan fingerprint density at radius 1 is 1.00 bits per heavy atom. The van der Waals surface area contributed by atoms with Crippen molar-refractivity contribution in [2.24, 2.45) is 40.9 Å². The van der Waals surface area contributed by atoms with Crippen LogP contribution in [0.2, 0.25) is 0 Å². The number of aliphatic hydroxyl groups is 3. The molecule has 4 fully saturated rings. The van der Waals surface area contributed by atoms with Crippen molar-refractivity contribution in [3.8, 4) is 0 Å². The molecule has 4 N–H and O–H groups in total. The van der Waals surface area contributed by atoms with E-state index in [2.05, 4.69) is 6.92 Å². The molecule has 10 unspecified atom stereocenters. The van der Waals surface area contributed by atoms with Gasteiger partial charge in [0, 0.05) is 6.42 Å². The lowest BCUT2D eigenvalue weighted by atomic mass is 9.45. The predicted octanol–water partition coefficient (Wildman–Crippen LogP) is 2.81. The number of aliphatic carboxylic acids is 1. The third-order valence-electron chi connectivity index (χ3n) is 9.10. The topological polar surface area (TPSA) is 98.0 Å². The number of hydrogen-bond acceptors (Lipinski definition) is 4. The van der Waals surface area contributed by atoms with E-state index in [9.17, 15) is 20.1 Å². The van der Waals surface area contributed by atoms with E-state index >= 15 is 0 Å². The van der Waals surface area contributed by atoms with Crippen molar-refractivity contribution in [2.45, 2.75) is 89.4 Å². The zero-order valence-electron chi connectivity index (χ0n) is 16.5. The molecule has 4 aliphatic rings. The van der Waals surface area contributed by atoms with Crippen LogP contribution in [-0.2, 0) is 4.79 Å². The molecule has 0 radical (unpaired) electrons. The van der Waals surface area contributed by atoms with Crippen molar-refractivity contribution in [3.05, 3.63) is 0 Å². The quantitative estimate of drug-likeness (QED) is 0.601. The summed E-state index contributed by atoms with van der Waals surface area (Å²) in [5.74, 6) is 1.21. The van der Waals surface area contributed by atoms with E-state index in [-0.39, 0.29) is 42.0 Å². The fourth-order valence-corrected chi connectivity index (χ4v) is 7.88. The highest BCUT2D eigenvalue weighted by molar-refractivity contribution is 5.66. The largest absolute Gasteiger partial charge is 0.481 e. The van der Waals surface area contributed by atoms with Gasteiger partial charge >= 0.3 is 5.97 Å². The van der Waals surface area contributed by atoms with Gasteiger partial charge in [0.05, 0.1) is 18.3 Å². The monoisotopic (exact) mass is 380 g/mol. The van der Waals surface area contributed by atoms with Gasteiger partial charge in [-0.05, 0) is 98.7 Å². The Bertz CT molecular complexity index is 565. The zero-order valence-corrected chi connectivity index (χ0v) is 16.5. The van der Waals surface area contributed by atoms with Crippen LogP contribution in [-0.4, -0.2) is 44.7 Å². The molecule has 5 heteroatoms. The number of rotatable bonds is 4. The second kappa shape index (κ2) is 7.31. The Labute approximate surface area is 162 Å². The molecule has 5 nitrogen and oxygen atoms in total. The van der Waals surface area contributed by atoms with Gasteiger partial charge < -0.3 is 20.4 Å². The van der Waals surface area contributed by atoms with Crippen molar-refractivity contribution in [1.29, 1.82) is 0 Å². The van der Waals surface area contributed by atoms with Gasteiger partial charge in [0.25, 0.3) is 0 Å². The van der Waals surface area contributed by atoms with Crippen LogP contribution >= 0.6 is 0 Å². The van der Waals surface area contributed by atoms with Crippen LogP contribution in [0.15, 0.2) is 0 Å². The third-order valence-corrected chi connectivity index (χ3v) is 9.10. The van der Waals surface area contributed by atoms with Gasteiger partial charge in [-0.1, -0.05) is 6.92 Å². The lowest BCUT2D eigenvalue weighted by Crippen LogP contribution is -2.59. The first kappa shape index (κ1) is 19.7. The Balaban J connectivity index is 1.52. The van der Waals surface area contributed by atoms with Crippen molar-refractivity contribution >= 4 is 5.97 Å². The number of fused-ring (bicyclic) bond motifs is 5. The molecular formula is C22H36O5. The number of aliphatic hydroxyl groups excluding tert-OH is 3. The van der Waals surface area contributed by atoms with E-state index in [4.69, 9.17) is 5.11 Å². The summed E-state index contributed by atoms with van der Waals surface area (Å²) in [5, 5.41) is 41.2. The van der Waals surface area contributed by atoms with Crippen LogP contribution in [0.5, 0.6) is 0 Å². The molecule has 4 rings (SSSR count). The highest BCUT2D eigenvalue weighted by Gasteiger charge is 2.61. The molecular weight excluding hydrogens is 344 g/mol. The molecule has 4 aliphatic carbocycles. The third kappa shape index (κ3) is 3.34. The van der Waals surface area contributed by atoms with E-state index < -0.39 is 5.97 Å². The minimum atomic E-state index is -0.741. The lowest BCUT2D eigenvalue weighted by molar-refractivity contribution is -0.180. The van der Waals surface area contributed by atoms with E-state index in [1.807, 2.05) is 0 Å². The Morgan fingerprint density at radius 2 is 1.74 bits per heavy atom. The maximum atomic E-state index is 11.1. The Hall–Kier alpha value is -0.650. The zero-order chi connectivity index (χ0) is 19.3. The maximum absolute atomic E-state index is 11.1. The molecule has 0 amide bonds. The van der Waals surface area contributed by atoms with Crippen LogP contribution in [0.1, 0.15) is 71.1 Å². The number of carboxylic acid groups (broad SMARTS) is 1. The summed E-state index contributed by atoms with van der Waals surface area (Å²) in [6.45, 7) is 2.35. The molecule has 0 bridgehead atoms. The van der Waals surface area contributed by atoms with Crippen molar-refractivity contribution in [2.75, 3.05) is 0 Å². The summed E-state index contributed by atoms with van der Waals surface area (Å²) in [6.07, 6.45) is 7.18. The minimum Gasteiger partial charge on any atom is -0.481 e. The number of hydrogen-bond donors (Lipinski definition) is 4. The highest BCUT2D eigenvalue weighted by Crippen LogP contribution is 2.64. The molecule has 4 saturated carbocycles. The SMILES string of the molecule is CC12CCC(O)CC1CC(O)C1C3CCC(CCCC(=O)O)C3C(O)CC12. The normalized spacial score (nSPS) is 51.9. The van der Waals surface area contributed by atoms with Crippen molar-refractivity contribution in [3.63, 3.8) is 0 Å². The predicted molar refractivity (Wildman–Crippen MR) is 101 cm³/mol. The van der Waals surface area contributed by atoms with Gasteiger partial charge in [-0.15, -0.1) is 0 Å². The summed E-state index contributed by atoms with van der Waals surface area (Å²) in [5.41, 5.74) is 0.121.